The summed E-state index contributed by atoms with van der Waals surface area (Å²) >= 11 is 0. The standard InChI is InChI=1S/C19H19F2NO2/c1-24-17-8-3-2-6-15(17)14-9-10-22(12-14)18(23)11-13-5-4-7-16(20)19(13)21/h2-8,14H,9-12H2,1H3. The van der Waals surface area contributed by atoms with Gasteiger partial charge in [0.1, 0.15) is 5.75 Å². The number of ether oxygens (including phenoxy) is 1. The number of hydrogen-bond acceptors (Lipinski definition) is 2. The number of nitrogens with zero attached hydrogens (tertiary/aromatic N) is 1. The van der Waals surface area contributed by atoms with Crippen LogP contribution in [-0.4, -0.2) is 31.0 Å². The average Bonchev–Trinajstić information content (AvgIpc) is 3.09. The largest absolute Gasteiger partial charge is 0.496 e. The van der Waals surface area contributed by atoms with Crippen LogP contribution in [0.1, 0.15) is 23.5 Å². The summed E-state index contributed by atoms with van der Waals surface area (Å²) in [5.74, 6) is -1.03. The van der Waals surface area contributed by atoms with Crippen LogP contribution in [-0.2, 0) is 11.2 Å². The maximum atomic E-state index is 13.7. The fourth-order valence-corrected chi connectivity index (χ4v) is 3.20. The quantitative estimate of drug-likeness (QED) is 0.858. The fourth-order valence-electron chi connectivity index (χ4n) is 3.20. The Bertz CT molecular complexity index is 748. The van der Waals surface area contributed by atoms with Crippen LogP contribution in [0, 0.1) is 11.6 Å². The molecule has 1 fully saturated rings. The second-order valence-electron chi connectivity index (χ2n) is 5.96. The predicted octanol–water partition coefficient (Wildman–Crippen LogP) is 3.53. The van der Waals surface area contributed by atoms with E-state index in [9.17, 15) is 13.6 Å². The van der Waals surface area contributed by atoms with Crippen molar-refractivity contribution in [3.05, 3.63) is 65.2 Å². The number of carbonyl (C=O) groups is 1. The van der Waals surface area contributed by atoms with E-state index in [1.807, 2.05) is 24.3 Å². The minimum atomic E-state index is -0.939. The SMILES string of the molecule is COc1ccccc1C1CCN(C(=O)Cc2cccc(F)c2F)C1. The number of methoxy groups -OCH3 is 1. The molecule has 1 heterocycles. The van der Waals surface area contributed by atoms with Crippen molar-refractivity contribution in [1.29, 1.82) is 0 Å². The third-order valence-electron chi connectivity index (χ3n) is 4.49. The first-order valence-corrected chi connectivity index (χ1v) is 7.93. The summed E-state index contributed by atoms with van der Waals surface area (Å²) in [5.41, 5.74) is 1.17. The van der Waals surface area contributed by atoms with Gasteiger partial charge in [-0.05, 0) is 24.1 Å². The zero-order chi connectivity index (χ0) is 17.1. The van der Waals surface area contributed by atoms with Crippen LogP contribution >= 0.6 is 0 Å². The molecule has 0 aromatic heterocycles. The Balaban J connectivity index is 1.69. The Morgan fingerprint density at radius 2 is 2.00 bits per heavy atom. The summed E-state index contributed by atoms with van der Waals surface area (Å²) in [7, 11) is 1.63. The zero-order valence-corrected chi connectivity index (χ0v) is 13.5. The highest BCUT2D eigenvalue weighted by molar-refractivity contribution is 5.79. The van der Waals surface area contributed by atoms with E-state index in [2.05, 4.69) is 0 Å². The van der Waals surface area contributed by atoms with Crippen LogP contribution in [0.4, 0.5) is 8.78 Å². The summed E-state index contributed by atoms with van der Waals surface area (Å²) in [5, 5.41) is 0. The molecule has 0 saturated carbocycles. The first-order valence-electron chi connectivity index (χ1n) is 7.93. The molecule has 126 valence electrons. The van der Waals surface area contributed by atoms with Crippen molar-refractivity contribution in [1.82, 2.24) is 4.90 Å². The van der Waals surface area contributed by atoms with Gasteiger partial charge in [0, 0.05) is 24.6 Å². The number of hydrogen-bond donors (Lipinski definition) is 0. The lowest BCUT2D eigenvalue weighted by molar-refractivity contribution is -0.129. The van der Waals surface area contributed by atoms with Crippen molar-refractivity contribution >= 4 is 5.91 Å². The number of rotatable bonds is 4. The molecule has 0 aliphatic carbocycles. The van der Waals surface area contributed by atoms with Crippen molar-refractivity contribution in [2.75, 3.05) is 20.2 Å². The Labute approximate surface area is 139 Å². The first kappa shape index (κ1) is 16.4. The molecule has 3 nitrogen and oxygen atoms in total. The smallest absolute Gasteiger partial charge is 0.227 e. The van der Waals surface area contributed by atoms with Gasteiger partial charge in [-0.3, -0.25) is 4.79 Å². The van der Waals surface area contributed by atoms with E-state index in [0.717, 1.165) is 23.8 Å². The molecular formula is C19H19F2NO2. The number of halogens is 2. The summed E-state index contributed by atoms with van der Waals surface area (Å²) in [6.07, 6.45) is 0.708. The highest BCUT2D eigenvalue weighted by atomic mass is 19.2. The second-order valence-corrected chi connectivity index (χ2v) is 5.96. The number of para-hydroxylation sites is 1. The molecule has 0 spiro atoms. The van der Waals surface area contributed by atoms with Crippen LogP contribution < -0.4 is 4.74 Å². The van der Waals surface area contributed by atoms with Crippen molar-refractivity contribution in [3.8, 4) is 5.75 Å². The molecule has 1 aliphatic heterocycles. The van der Waals surface area contributed by atoms with E-state index in [-0.39, 0.29) is 23.8 Å². The summed E-state index contributed by atoms with van der Waals surface area (Å²) in [6.45, 7) is 1.18. The van der Waals surface area contributed by atoms with Gasteiger partial charge in [-0.25, -0.2) is 8.78 Å². The molecule has 2 aromatic rings. The van der Waals surface area contributed by atoms with E-state index in [1.165, 1.54) is 12.1 Å². The summed E-state index contributed by atoms with van der Waals surface area (Å²) in [6, 6.07) is 11.7. The fraction of sp³-hybridized carbons (Fsp3) is 0.316. The molecule has 24 heavy (non-hydrogen) atoms. The molecule has 1 saturated heterocycles. The molecule has 5 heteroatoms. The van der Waals surface area contributed by atoms with E-state index < -0.39 is 11.6 Å². The molecule has 1 atom stereocenters. The predicted molar refractivity (Wildman–Crippen MR) is 87.0 cm³/mol. The molecular weight excluding hydrogens is 312 g/mol. The van der Waals surface area contributed by atoms with Crippen LogP contribution in [0.25, 0.3) is 0 Å². The molecule has 0 radical (unpaired) electrons. The zero-order valence-electron chi connectivity index (χ0n) is 13.5. The van der Waals surface area contributed by atoms with Crippen LogP contribution in [0.5, 0.6) is 5.75 Å². The van der Waals surface area contributed by atoms with Gasteiger partial charge in [-0.15, -0.1) is 0 Å². The Morgan fingerprint density at radius 1 is 1.21 bits per heavy atom. The number of amides is 1. The maximum Gasteiger partial charge on any atom is 0.227 e. The monoisotopic (exact) mass is 331 g/mol. The van der Waals surface area contributed by atoms with Crippen molar-refractivity contribution in [3.63, 3.8) is 0 Å². The van der Waals surface area contributed by atoms with Gasteiger partial charge in [-0.1, -0.05) is 30.3 Å². The minimum Gasteiger partial charge on any atom is -0.496 e. The number of carbonyl (C=O) groups excluding carboxylic acids is 1. The Morgan fingerprint density at radius 3 is 2.79 bits per heavy atom. The minimum absolute atomic E-state index is 0.0979. The highest BCUT2D eigenvalue weighted by Crippen LogP contribution is 2.33. The second kappa shape index (κ2) is 6.99. The van der Waals surface area contributed by atoms with Gasteiger partial charge in [0.05, 0.1) is 13.5 Å². The van der Waals surface area contributed by atoms with Gasteiger partial charge in [0.15, 0.2) is 11.6 Å². The van der Waals surface area contributed by atoms with E-state index >= 15 is 0 Å². The molecule has 3 rings (SSSR count). The number of benzene rings is 2. The molecule has 0 bridgehead atoms. The van der Waals surface area contributed by atoms with Crippen LogP contribution in [0.15, 0.2) is 42.5 Å². The van der Waals surface area contributed by atoms with Gasteiger partial charge in [0.2, 0.25) is 5.91 Å². The Kier molecular flexibility index (Phi) is 4.79. The third-order valence-corrected chi connectivity index (χ3v) is 4.49. The number of likely N-dealkylation sites (tertiary alicyclic amines) is 1. The van der Waals surface area contributed by atoms with Crippen LogP contribution in [0.2, 0.25) is 0 Å². The lowest BCUT2D eigenvalue weighted by Gasteiger charge is -2.18. The van der Waals surface area contributed by atoms with Gasteiger partial charge < -0.3 is 9.64 Å². The van der Waals surface area contributed by atoms with E-state index in [0.29, 0.717) is 13.1 Å². The summed E-state index contributed by atoms with van der Waals surface area (Å²) in [4.78, 5) is 14.1. The molecule has 1 amide bonds. The molecule has 1 unspecified atom stereocenters. The summed E-state index contributed by atoms with van der Waals surface area (Å²) < 4.78 is 32.4. The molecule has 0 N–H and O–H groups in total. The lowest BCUT2D eigenvalue weighted by Crippen LogP contribution is -2.30. The van der Waals surface area contributed by atoms with Gasteiger partial charge >= 0.3 is 0 Å². The average molecular weight is 331 g/mol. The van der Waals surface area contributed by atoms with Crippen molar-refractivity contribution in [2.45, 2.75) is 18.8 Å². The molecule has 1 aliphatic rings. The van der Waals surface area contributed by atoms with Crippen molar-refractivity contribution < 1.29 is 18.3 Å². The highest BCUT2D eigenvalue weighted by Gasteiger charge is 2.29. The normalized spacial score (nSPS) is 17.1. The lowest BCUT2D eigenvalue weighted by atomic mass is 9.97. The van der Waals surface area contributed by atoms with Crippen molar-refractivity contribution in [2.24, 2.45) is 0 Å². The van der Waals surface area contributed by atoms with E-state index in [1.54, 1.807) is 12.0 Å². The van der Waals surface area contributed by atoms with Crippen LogP contribution in [0.3, 0.4) is 0 Å². The topological polar surface area (TPSA) is 29.5 Å². The first-order chi connectivity index (χ1) is 11.6. The van der Waals surface area contributed by atoms with E-state index in [4.69, 9.17) is 4.74 Å². The van der Waals surface area contributed by atoms with Gasteiger partial charge in [-0.2, -0.15) is 0 Å². The third kappa shape index (κ3) is 3.25. The van der Waals surface area contributed by atoms with Gasteiger partial charge in [0.25, 0.3) is 0 Å². The Hall–Kier alpha value is -2.43. The molecule has 2 aromatic carbocycles. The maximum absolute atomic E-state index is 13.7.